The van der Waals surface area contributed by atoms with Crippen LogP contribution in [0.15, 0.2) is 0 Å². The molecule has 3 heteroatoms. The van der Waals surface area contributed by atoms with E-state index in [4.69, 9.17) is 0 Å². The van der Waals surface area contributed by atoms with Gasteiger partial charge in [0.15, 0.2) is 0 Å². The highest BCUT2D eigenvalue weighted by Gasteiger charge is 2.18. The highest BCUT2D eigenvalue weighted by Crippen LogP contribution is 2.09. The van der Waals surface area contributed by atoms with E-state index in [9.17, 15) is 0 Å². The molecule has 0 amide bonds. The summed E-state index contributed by atoms with van der Waals surface area (Å²) in [4.78, 5) is 2.61. The van der Waals surface area contributed by atoms with E-state index in [-0.39, 0.29) is 0 Å². The Kier molecular flexibility index (Phi) is 5.14. The van der Waals surface area contributed by atoms with E-state index < -0.39 is 0 Å². The minimum absolute atomic E-state index is 0.659. The Hall–Kier alpha value is 0.270. The third kappa shape index (κ3) is 3.88. The maximum Gasteiger partial charge on any atom is 0.0166 e. The van der Waals surface area contributed by atoms with Crippen molar-refractivity contribution in [2.75, 3.05) is 31.6 Å². The molecule has 1 saturated heterocycles. The van der Waals surface area contributed by atoms with Gasteiger partial charge in [0.2, 0.25) is 0 Å². The lowest BCUT2D eigenvalue weighted by Crippen LogP contribution is -2.41. The SMILES string of the molecule is CSCC(C)N1CCCNC(C)C1. The predicted molar refractivity (Wildman–Crippen MR) is 61.5 cm³/mol. The van der Waals surface area contributed by atoms with Gasteiger partial charge in [-0.3, -0.25) is 4.90 Å². The van der Waals surface area contributed by atoms with Gasteiger partial charge in [-0.25, -0.2) is 0 Å². The molecule has 0 aromatic carbocycles. The van der Waals surface area contributed by atoms with E-state index in [2.05, 4.69) is 30.3 Å². The van der Waals surface area contributed by atoms with Gasteiger partial charge in [0.05, 0.1) is 0 Å². The lowest BCUT2D eigenvalue weighted by Gasteiger charge is -2.28. The van der Waals surface area contributed by atoms with Gasteiger partial charge < -0.3 is 5.32 Å². The van der Waals surface area contributed by atoms with E-state index in [0.717, 1.165) is 6.04 Å². The summed E-state index contributed by atoms with van der Waals surface area (Å²) in [6.45, 7) is 8.28. The minimum Gasteiger partial charge on any atom is -0.313 e. The third-order valence-corrected chi connectivity index (χ3v) is 3.47. The van der Waals surface area contributed by atoms with Gasteiger partial charge in [-0.15, -0.1) is 0 Å². The molecule has 13 heavy (non-hydrogen) atoms. The monoisotopic (exact) mass is 202 g/mol. The van der Waals surface area contributed by atoms with E-state index in [1.54, 1.807) is 0 Å². The standard InChI is InChI=1S/C10H22N2S/c1-9-7-12(6-4-5-11-9)10(2)8-13-3/h9-11H,4-8H2,1-3H3. The van der Waals surface area contributed by atoms with Crippen LogP contribution >= 0.6 is 11.8 Å². The molecular weight excluding hydrogens is 180 g/mol. The Morgan fingerprint density at radius 3 is 3.08 bits per heavy atom. The summed E-state index contributed by atoms with van der Waals surface area (Å²) in [6.07, 6.45) is 3.49. The van der Waals surface area contributed by atoms with Gasteiger partial charge in [0, 0.05) is 24.4 Å². The summed E-state index contributed by atoms with van der Waals surface area (Å²) in [5, 5.41) is 3.52. The summed E-state index contributed by atoms with van der Waals surface area (Å²) >= 11 is 1.95. The number of hydrogen-bond donors (Lipinski definition) is 1. The molecule has 0 aromatic heterocycles. The first-order chi connectivity index (χ1) is 6.24. The Morgan fingerprint density at radius 2 is 2.38 bits per heavy atom. The summed E-state index contributed by atoms with van der Waals surface area (Å²) in [7, 11) is 0. The van der Waals surface area contributed by atoms with Crippen LogP contribution in [0.4, 0.5) is 0 Å². The van der Waals surface area contributed by atoms with Crippen molar-refractivity contribution in [3.63, 3.8) is 0 Å². The Labute approximate surface area is 86.5 Å². The fraction of sp³-hybridized carbons (Fsp3) is 1.00. The molecule has 1 N–H and O–H groups in total. The van der Waals surface area contributed by atoms with Crippen LogP contribution in [0.3, 0.4) is 0 Å². The van der Waals surface area contributed by atoms with Crippen LogP contribution in [0.25, 0.3) is 0 Å². The second kappa shape index (κ2) is 5.89. The smallest absolute Gasteiger partial charge is 0.0166 e. The van der Waals surface area contributed by atoms with Crippen molar-refractivity contribution in [3.05, 3.63) is 0 Å². The van der Waals surface area contributed by atoms with Gasteiger partial charge in [0.1, 0.15) is 0 Å². The maximum absolute atomic E-state index is 3.52. The zero-order valence-corrected chi connectivity index (χ0v) is 9.86. The van der Waals surface area contributed by atoms with Crippen molar-refractivity contribution in [3.8, 4) is 0 Å². The van der Waals surface area contributed by atoms with Gasteiger partial charge in [-0.1, -0.05) is 0 Å². The van der Waals surface area contributed by atoms with E-state index >= 15 is 0 Å². The molecule has 0 aromatic rings. The molecule has 1 aliphatic rings. The number of nitrogens with zero attached hydrogens (tertiary/aromatic N) is 1. The average molecular weight is 202 g/mol. The molecule has 0 radical (unpaired) electrons. The first kappa shape index (κ1) is 11.3. The van der Waals surface area contributed by atoms with Crippen LogP contribution < -0.4 is 5.32 Å². The van der Waals surface area contributed by atoms with Crippen LogP contribution in [0.2, 0.25) is 0 Å². The summed E-state index contributed by atoms with van der Waals surface area (Å²) in [5.74, 6) is 1.26. The van der Waals surface area contributed by atoms with Crippen molar-refractivity contribution >= 4 is 11.8 Å². The second-order valence-corrected chi connectivity index (χ2v) is 4.92. The van der Waals surface area contributed by atoms with Crippen LogP contribution in [-0.2, 0) is 0 Å². The zero-order chi connectivity index (χ0) is 9.68. The van der Waals surface area contributed by atoms with Gasteiger partial charge in [-0.05, 0) is 39.6 Å². The molecule has 1 aliphatic heterocycles. The second-order valence-electron chi connectivity index (χ2n) is 4.01. The molecule has 2 nitrogen and oxygen atoms in total. The average Bonchev–Trinajstić information content (AvgIpc) is 2.30. The van der Waals surface area contributed by atoms with Crippen molar-refractivity contribution in [2.24, 2.45) is 0 Å². The molecule has 1 heterocycles. The summed E-state index contributed by atoms with van der Waals surface area (Å²) < 4.78 is 0. The number of rotatable bonds is 3. The molecule has 78 valence electrons. The zero-order valence-electron chi connectivity index (χ0n) is 9.05. The van der Waals surface area contributed by atoms with Crippen LogP contribution in [0.1, 0.15) is 20.3 Å². The van der Waals surface area contributed by atoms with Crippen molar-refractivity contribution in [1.82, 2.24) is 10.2 Å². The van der Waals surface area contributed by atoms with Gasteiger partial charge in [-0.2, -0.15) is 11.8 Å². The van der Waals surface area contributed by atoms with Crippen molar-refractivity contribution < 1.29 is 0 Å². The van der Waals surface area contributed by atoms with Gasteiger partial charge >= 0.3 is 0 Å². The highest BCUT2D eigenvalue weighted by molar-refractivity contribution is 7.98. The Bertz CT molecular complexity index is 141. The molecule has 0 bridgehead atoms. The molecular formula is C10H22N2S. The molecule has 0 aliphatic carbocycles. The Balaban J connectivity index is 2.37. The van der Waals surface area contributed by atoms with E-state index in [1.807, 2.05) is 11.8 Å². The van der Waals surface area contributed by atoms with Gasteiger partial charge in [0.25, 0.3) is 0 Å². The molecule has 1 rings (SSSR count). The lowest BCUT2D eigenvalue weighted by molar-refractivity contribution is 0.225. The number of nitrogens with one attached hydrogen (secondary N) is 1. The minimum atomic E-state index is 0.659. The van der Waals surface area contributed by atoms with Crippen molar-refractivity contribution in [1.29, 1.82) is 0 Å². The first-order valence-corrected chi connectivity index (χ1v) is 6.59. The number of hydrogen-bond acceptors (Lipinski definition) is 3. The quantitative estimate of drug-likeness (QED) is 0.745. The molecule has 2 atom stereocenters. The topological polar surface area (TPSA) is 15.3 Å². The Morgan fingerprint density at radius 1 is 1.62 bits per heavy atom. The highest BCUT2D eigenvalue weighted by atomic mass is 32.2. The van der Waals surface area contributed by atoms with Crippen LogP contribution in [0, 0.1) is 0 Å². The fourth-order valence-electron chi connectivity index (χ4n) is 1.89. The van der Waals surface area contributed by atoms with Crippen LogP contribution in [-0.4, -0.2) is 48.6 Å². The first-order valence-electron chi connectivity index (χ1n) is 5.20. The molecule has 1 fully saturated rings. The van der Waals surface area contributed by atoms with E-state index in [0.29, 0.717) is 6.04 Å². The number of thioether (sulfide) groups is 1. The molecule has 0 spiro atoms. The van der Waals surface area contributed by atoms with Crippen LogP contribution in [0.5, 0.6) is 0 Å². The van der Waals surface area contributed by atoms with Crippen molar-refractivity contribution in [2.45, 2.75) is 32.4 Å². The normalized spacial score (nSPS) is 28.4. The third-order valence-electron chi connectivity index (χ3n) is 2.65. The fourth-order valence-corrected chi connectivity index (χ4v) is 2.58. The predicted octanol–water partition coefficient (Wildman–Crippen LogP) is 1.42. The summed E-state index contributed by atoms with van der Waals surface area (Å²) in [6, 6.07) is 1.39. The van der Waals surface area contributed by atoms with E-state index in [1.165, 1.54) is 31.8 Å². The lowest BCUT2D eigenvalue weighted by atomic mass is 10.2. The summed E-state index contributed by atoms with van der Waals surface area (Å²) in [5.41, 5.74) is 0. The molecule has 0 saturated carbocycles. The largest absolute Gasteiger partial charge is 0.313 e. The maximum atomic E-state index is 3.52. The molecule has 2 unspecified atom stereocenters.